The molecule has 1 rings (SSSR count). The van der Waals surface area contributed by atoms with Crippen molar-refractivity contribution in [1.29, 1.82) is 0 Å². The quantitative estimate of drug-likeness (QED) is 0.595. The Balaban J connectivity index is 2.51. The van der Waals surface area contributed by atoms with Crippen LogP contribution in [-0.4, -0.2) is 16.1 Å². The zero-order valence-electron chi connectivity index (χ0n) is 9.43. The van der Waals surface area contributed by atoms with Gasteiger partial charge in [0.15, 0.2) is 0 Å². The fourth-order valence-electron chi connectivity index (χ4n) is 1.57. The van der Waals surface area contributed by atoms with Crippen molar-refractivity contribution in [2.75, 3.05) is 0 Å². The molecule has 1 unspecified atom stereocenters. The predicted octanol–water partition coefficient (Wildman–Crippen LogP) is 2.69. The Morgan fingerprint density at radius 1 is 1.38 bits per heavy atom. The molecule has 1 N–H and O–H groups in total. The lowest BCUT2D eigenvalue weighted by Gasteiger charge is -2.09. The maximum Gasteiger partial charge on any atom is 0.269 e. The van der Waals surface area contributed by atoms with Gasteiger partial charge < -0.3 is 5.11 Å². The summed E-state index contributed by atoms with van der Waals surface area (Å²) in [7, 11) is 0. The third-order valence-electron chi connectivity index (χ3n) is 2.51. The Kier molecular flexibility index (Phi) is 4.92. The summed E-state index contributed by atoms with van der Waals surface area (Å²) in [4.78, 5) is 10.0. The fourth-order valence-corrected chi connectivity index (χ4v) is 1.57. The number of nitro groups is 1. The van der Waals surface area contributed by atoms with Gasteiger partial charge in [-0.25, -0.2) is 0 Å². The van der Waals surface area contributed by atoms with Crippen LogP contribution in [0, 0.1) is 10.1 Å². The molecule has 0 amide bonds. The first kappa shape index (κ1) is 12.6. The first-order valence-electron chi connectivity index (χ1n) is 5.55. The monoisotopic (exact) mass is 223 g/mol. The maximum absolute atomic E-state index is 10.4. The van der Waals surface area contributed by atoms with Gasteiger partial charge in [0.2, 0.25) is 0 Å². The normalized spacial score (nSPS) is 12.4. The van der Waals surface area contributed by atoms with Gasteiger partial charge in [-0.3, -0.25) is 10.1 Å². The second-order valence-corrected chi connectivity index (χ2v) is 3.92. The molecule has 0 aliphatic heterocycles. The molecule has 1 aromatic rings. The number of hydrogen-bond donors (Lipinski definition) is 1. The van der Waals surface area contributed by atoms with Gasteiger partial charge in [0.1, 0.15) is 0 Å². The Morgan fingerprint density at radius 3 is 2.50 bits per heavy atom. The molecule has 0 fully saturated rings. The van der Waals surface area contributed by atoms with Gasteiger partial charge in [-0.1, -0.05) is 31.9 Å². The predicted molar refractivity (Wildman–Crippen MR) is 62.3 cm³/mol. The van der Waals surface area contributed by atoms with Gasteiger partial charge in [0.25, 0.3) is 5.69 Å². The summed E-state index contributed by atoms with van der Waals surface area (Å²) in [6.07, 6.45) is 3.08. The molecule has 4 heteroatoms. The van der Waals surface area contributed by atoms with Crippen LogP contribution in [0.2, 0.25) is 0 Å². The van der Waals surface area contributed by atoms with Crippen molar-refractivity contribution in [2.45, 2.75) is 38.7 Å². The molecule has 4 nitrogen and oxygen atoms in total. The number of aliphatic hydroxyl groups is 1. The third kappa shape index (κ3) is 3.98. The standard InChI is InChI=1S/C12H17NO3/c1-2-3-4-12(14)9-10-5-7-11(8-6-10)13(15)16/h5-8,12,14H,2-4,9H2,1H3. The number of nitro benzene ring substituents is 1. The minimum atomic E-state index is -0.419. The van der Waals surface area contributed by atoms with Crippen LogP contribution in [0.25, 0.3) is 0 Å². The van der Waals surface area contributed by atoms with Crippen LogP contribution in [0.4, 0.5) is 5.69 Å². The minimum absolute atomic E-state index is 0.0896. The maximum atomic E-state index is 10.4. The Bertz CT molecular complexity index is 335. The minimum Gasteiger partial charge on any atom is -0.393 e. The van der Waals surface area contributed by atoms with E-state index in [1.54, 1.807) is 12.1 Å². The Labute approximate surface area is 95.1 Å². The summed E-state index contributed by atoms with van der Waals surface area (Å²) in [5, 5.41) is 20.1. The highest BCUT2D eigenvalue weighted by atomic mass is 16.6. The molecule has 0 saturated heterocycles. The van der Waals surface area contributed by atoms with Crippen LogP contribution in [0.5, 0.6) is 0 Å². The van der Waals surface area contributed by atoms with Gasteiger partial charge in [-0.15, -0.1) is 0 Å². The van der Waals surface area contributed by atoms with E-state index in [0.29, 0.717) is 6.42 Å². The number of nitrogens with zero attached hydrogens (tertiary/aromatic N) is 1. The Morgan fingerprint density at radius 2 is 2.00 bits per heavy atom. The van der Waals surface area contributed by atoms with E-state index >= 15 is 0 Å². The molecule has 0 saturated carbocycles. The van der Waals surface area contributed by atoms with Gasteiger partial charge in [-0.05, 0) is 18.4 Å². The van der Waals surface area contributed by atoms with Crippen molar-refractivity contribution >= 4 is 5.69 Å². The highest BCUT2D eigenvalue weighted by Gasteiger charge is 2.07. The summed E-state index contributed by atoms with van der Waals surface area (Å²) in [5.41, 5.74) is 1.03. The smallest absolute Gasteiger partial charge is 0.269 e. The molecule has 1 aromatic carbocycles. The van der Waals surface area contributed by atoms with Gasteiger partial charge in [0.05, 0.1) is 11.0 Å². The van der Waals surface area contributed by atoms with Crippen LogP contribution in [0.1, 0.15) is 31.7 Å². The van der Waals surface area contributed by atoms with E-state index in [1.165, 1.54) is 12.1 Å². The fraction of sp³-hybridized carbons (Fsp3) is 0.500. The summed E-state index contributed by atoms with van der Waals surface area (Å²) >= 11 is 0. The van der Waals surface area contributed by atoms with E-state index in [2.05, 4.69) is 6.92 Å². The van der Waals surface area contributed by atoms with Gasteiger partial charge in [0, 0.05) is 12.1 Å². The van der Waals surface area contributed by atoms with E-state index in [0.717, 1.165) is 24.8 Å². The van der Waals surface area contributed by atoms with Crippen molar-refractivity contribution in [2.24, 2.45) is 0 Å². The Hall–Kier alpha value is -1.42. The average Bonchev–Trinajstić information content (AvgIpc) is 2.27. The second-order valence-electron chi connectivity index (χ2n) is 3.92. The van der Waals surface area contributed by atoms with E-state index in [1.807, 2.05) is 0 Å². The molecule has 0 aromatic heterocycles. The zero-order valence-corrected chi connectivity index (χ0v) is 9.43. The molecule has 16 heavy (non-hydrogen) atoms. The lowest BCUT2D eigenvalue weighted by molar-refractivity contribution is -0.384. The molecule has 88 valence electrons. The van der Waals surface area contributed by atoms with E-state index in [-0.39, 0.29) is 11.8 Å². The molecule has 0 spiro atoms. The highest BCUT2D eigenvalue weighted by Crippen LogP contribution is 2.14. The van der Waals surface area contributed by atoms with Gasteiger partial charge >= 0.3 is 0 Å². The van der Waals surface area contributed by atoms with Crippen molar-refractivity contribution in [3.8, 4) is 0 Å². The molecule has 0 aliphatic rings. The number of aliphatic hydroxyl groups excluding tert-OH is 1. The highest BCUT2D eigenvalue weighted by molar-refractivity contribution is 5.33. The van der Waals surface area contributed by atoms with Gasteiger partial charge in [-0.2, -0.15) is 0 Å². The number of rotatable bonds is 6. The van der Waals surface area contributed by atoms with E-state index < -0.39 is 4.92 Å². The summed E-state index contributed by atoms with van der Waals surface area (Å²) in [6, 6.07) is 6.35. The number of unbranched alkanes of at least 4 members (excludes halogenated alkanes) is 1. The first-order valence-corrected chi connectivity index (χ1v) is 5.55. The van der Waals surface area contributed by atoms with Crippen molar-refractivity contribution in [3.05, 3.63) is 39.9 Å². The van der Waals surface area contributed by atoms with Crippen molar-refractivity contribution < 1.29 is 10.0 Å². The van der Waals surface area contributed by atoms with Crippen LogP contribution in [-0.2, 0) is 6.42 Å². The van der Waals surface area contributed by atoms with Crippen LogP contribution < -0.4 is 0 Å². The SMILES string of the molecule is CCCCC(O)Cc1ccc([N+](=O)[O-])cc1. The molecule has 0 radical (unpaired) electrons. The van der Waals surface area contributed by atoms with Crippen LogP contribution >= 0.6 is 0 Å². The average molecular weight is 223 g/mol. The largest absolute Gasteiger partial charge is 0.393 e. The number of benzene rings is 1. The summed E-state index contributed by atoms with van der Waals surface area (Å²) in [5.74, 6) is 0. The molecular weight excluding hydrogens is 206 g/mol. The number of hydrogen-bond acceptors (Lipinski definition) is 3. The van der Waals surface area contributed by atoms with E-state index in [4.69, 9.17) is 0 Å². The topological polar surface area (TPSA) is 63.4 Å². The lowest BCUT2D eigenvalue weighted by Crippen LogP contribution is -2.09. The van der Waals surface area contributed by atoms with Crippen molar-refractivity contribution in [3.63, 3.8) is 0 Å². The third-order valence-corrected chi connectivity index (χ3v) is 2.51. The summed E-state index contributed by atoms with van der Waals surface area (Å²) in [6.45, 7) is 2.08. The molecular formula is C12H17NO3. The lowest BCUT2D eigenvalue weighted by atomic mass is 10.0. The van der Waals surface area contributed by atoms with E-state index in [9.17, 15) is 15.2 Å². The molecule has 0 aliphatic carbocycles. The second kappa shape index (κ2) is 6.23. The number of non-ortho nitro benzene ring substituents is 1. The van der Waals surface area contributed by atoms with Crippen LogP contribution in [0.15, 0.2) is 24.3 Å². The zero-order chi connectivity index (χ0) is 12.0. The molecule has 1 atom stereocenters. The summed E-state index contributed by atoms with van der Waals surface area (Å²) < 4.78 is 0. The van der Waals surface area contributed by atoms with Crippen LogP contribution in [0.3, 0.4) is 0 Å². The molecule has 0 bridgehead atoms. The molecule has 0 heterocycles. The van der Waals surface area contributed by atoms with Crippen molar-refractivity contribution in [1.82, 2.24) is 0 Å². The first-order chi connectivity index (χ1) is 7.63.